The summed E-state index contributed by atoms with van der Waals surface area (Å²) in [6.07, 6.45) is 4.35. The molecule has 0 heterocycles. The molecule has 1 saturated carbocycles. The number of methoxy groups -OCH3 is 1. The van der Waals surface area contributed by atoms with Crippen molar-refractivity contribution in [3.05, 3.63) is 57.6 Å². The van der Waals surface area contributed by atoms with Crippen molar-refractivity contribution in [2.45, 2.75) is 57.4 Å². The molecule has 41 heavy (non-hydrogen) atoms. The first-order valence-corrected chi connectivity index (χ1v) is 16.1. The zero-order valence-corrected chi connectivity index (χ0v) is 27.1. The largest absolute Gasteiger partial charge is 0.496 e. The average molecular weight is 608 g/mol. The third-order valence-electron chi connectivity index (χ3n) is 8.34. The lowest BCUT2D eigenvalue weighted by Crippen LogP contribution is -2.36. The normalized spacial score (nSPS) is 18.5. The van der Waals surface area contributed by atoms with Crippen molar-refractivity contribution in [2.75, 3.05) is 54.6 Å². The molecule has 228 valence electrons. The summed E-state index contributed by atoms with van der Waals surface area (Å²) in [5, 5.41) is 3.75. The number of ether oxygens (including phenoxy) is 2. The predicted molar refractivity (Wildman–Crippen MR) is 164 cm³/mol. The monoisotopic (exact) mass is 607 g/mol. The van der Waals surface area contributed by atoms with Crippen molar-refractivity contribution in [1.82, 2.24) is 14.5 Å². The van der Waals surface area contributed by atoms with Crippen molar-refractivity contribution in [1.29, 1.82) is 0 Å². The van der Waals surface area contributed by atoms with E-state index in [0.717, 1.165) is 36.3 Å². The molecule has 8 nitrogen and oxygen atoms in total. The maximum Gasteiger partial charge on any atom is 0.246 e. The fraction of sp³-hybridized carbons (Fsp3) is 0.581. The van der Waals surface area contributed by atoms with Crippen LogP contribution in [0.15, 0.2) is 35.2 Å². The Labute approximate surface area is 251 Å². The van der Waals surface area contributed by atoms with Crippen LogP contribution in [0.25, 0.3) is 0 Å². The van der Waals surface area contributed by atoms with Gasteiger partial charge in [-0.15, -0.1) is 0 Å². The van der Waals surface area contributed by atoms with Gasteiger partial charge in [0.1, 0.15) is 12.4 Å². The minimum Gasteiger partial charge on any atom is -0.496 e. The highest BCUT2D eigenvalue weighted by molar-refractivity contribution is 7.89. The van der Waals surface area contributed by atoms with E-state index in [1.165, 1.54) is 16.9 Å². The lowest BCUT2D eigenvalue weighted by molar-refractivity contribution is -0.126. The van der Waals surface area contributed by atoms with E-state index >= 15 is 0 Å². The summed E-state index contributed by atoms with van der Waals surface area (Å²) < 4.78 is 38.7. The van der Waals surface area contributed by atoms with Crippen LogP contribution in [-0.2, 0) is 19.6 Å². The number of carbonyl (C=O) groups excluding carboxylic acids is 1. The Morgan fingerprint density at radius 1 is 1.05 bits per heavy atom. The topological polar surface area (TPSA) is 88.2 Å². The Balaban J connectivity index is 1.41. The summed E-state index contributed by atoms with van der Waals surface area (Å²) in [5.74, 6) is 1.49. The van der Waals surface area contributed by atoms with Gasteiger partial charge < -0.3 is 19.7 Å². The SMILES string of the molecule is COc1cc(C)c(S(=O)(=O)N(C)CCOCC(=O)NCC2CCC(C(c3ccc(Cl)cc3)N(C)C)CC2)c(C)c1C. The van der Waals surface area contributed by atoms with Crippen molar-refractivity contribution in [3.63, 3.8) is 0 Å². The molecular formula is C31H46ClN3O5S. The Hall–Kier alpha value is -2.17. The molecule has 0 radical (unpaired) electrons. The Kier molecular flexibility index (Phi) is 12.1. The number of hydrogen-bond acceptors (Lipinski definition) is 6. The van der Waals surface area contributed by atoms with Crippen LogP contribution < -0.4 is 10.1 Å². The fourth-order valence-electron chi connectivity index (χ4n) is 5.93. The smallest absolute Gasteiger partial charge is 0.246 e. The molecule has 1 aliphatic rings. The highest BCUT2D eigenvalue weighted by Crippen LogP contribution is 2.39. The highest BCUT2D eigenvalue weighted by Gasteiger charge is 2.30. The first kappa shape index (κ1) is 33.3. The number of nitrogens with zero attached hydrogens (tertiary/aromatic N) is 2. The van der Waals surface area contributed by atoms with Gasteiger partial charge in [-0.2, -0.15) is 4.31 Å². The van der Waals surface area contributed by atoms with Gasteiger partial charge >= 0.3 is 0 Å². The molecule has 1 aliphatic carbocycles. The molecule has 0 saturated heterocycles. The molecule has 2 aromatic carbocycles. The summed E-state index contributed by atoms with van der Waals surface area (Å²) in [4.78, 5) is 15.0. The van der Waals surface area contributed by atoms with Gasteiger partial charge in [0.25, 0.3) is 0 Å². The number of amides is 1. The van der Waals surface area contributed by atoms with Crippen molar-refractivity contribution < 1.29 is 22.7 Å². The molecular weight excluding hydrogens is 562 g/mol. The second kappa shape index (κ2) is 14.8. The second-order valence-corrected chi connectivity index (χ2v) is 13.8. The van der Waals surface area contributed by atoms with Gasteiger partial charge in [0.2, 0.25) is 15.9 Å². The minimum absolute atomic E-state index is 0.0950. The molecule has 1 fully saturated rings. The molecule has 0 aliphatic heterocycles. The maximum atomic E-state index is 13.3. The Bertz CT molecular complexity index is 1280. The van der Waals surface area contributed by atoms with Crippen molar-refractivity contribution in [3.8, 4) is 5.75 Å². The molecule has 1 unspecified atom stereocenters. The van der Waals surface area contributed by atoms with Gasteiger partial charge in [-0.25, -0.2) is 8.42 Å². The molecule has 10 heteroatoms. The number of hydrogen-bond donors (Lipinski definition) is 1. The Morgan fingerprint density at radius 2 is 1.68 bits per heavy atom. The lowest BCUT2D eigenvalue weighted by atomic mass is 9.76. The van der Waals surface area contributed by atoms with Gasteiger partial charge in [0.05, 0.1) is 18.6 Å². The molecule has 0 bridgehead atoms. The quantitative estimate of drug-likeness (QED) is 0.317. The van der Waals surface area contributed by atoms with Gasteiger partial charge in [0.15, 0.2) is 0 Å². The molecule has 1 atom stereocenters. The van der Waals surface area contributed by atoms with E-state index in [2.05, 4.69) is 36.4 Å². The Morgan fingerprint density at radius 3 is 2.27 bits per heavy atom. The van der Waals surface area contributed by atoms with E-state index < -0.39 is 10.0 Å². The van der Waals surface area contributed by atoms with Crippen LogP contribution in [0, 0.1) is 32.6 Å². The number of rotatable bonds is 13. The van der Waals surface area contributed by atoms with E-state index in [-0.39, 0.29) is 30.6 Å². The zero-order chi connectivity index (χ0) is 30.3. The van der Waals surface area contributed by atoms with E-state index in [9.17, 15) is 13.2 Å². The number of nitrogens with one attached hydrogen (secondary N) is 1. The molecule has 0 spiro atoms. The molecule has 1 N–H and O–H groups in total. The van der Waals surface area contributed by atoms with Crippen LogP contribution in [0.3, 0.4) is 0 Å². The van der Waals surface area contributed by atoms with Gasteiger partial charge in [-0.1, -0.05) is 23.7 Å². The summed E-state index contributed by atoms with van der Waals surface area (Å²) in [7, 11) is 3.63. The summed E-state index contributed by atoms with van der Waals surface area (Å²) in [6, 6.07) is 10.2. The average Bonchev–Trinajstić information content (AvgIpc) is 2.93. The van der Waals surface area contributed by atoms with E-state index in [1.54, 1.807) is 27.0 Å². The molecule has 0 aromatic heterocycles. The highest BCUT2D eigenvalue weighted by atomic mass is 35.5. The third kappa shape index (κ3) is 8.45. The number of halogens is 1. The van der Waals surface area contributed by atoms with E-state index in [1.807, 2.05) is 19.1 Å². The standard InChI is InChI=1S/C31H46ClN3O5S/c1-21-18-28(39-7)22(2)23(3)31(21)41(37,38)35(6)16-17-40-20-29(36)33-19-24-8-10-25(11-9-24)30(34(4)5)26-12-14-27(32)15-13-26/h12-15,18,24-25,30H,8-11,16-17,19-20H2,1-7H3,(H,33,36). The zero-order valence-electron chi connectivity index (χ0n) is 25.5. The number of sulfonamides is 1. The van der Waals surface area contributed by atoms with Crippen molar-refractivity contribution in [2.24, 2.45) is 11.8 Å². The number of likely N-dealkylation sites (N-methyl/N-ethyl adjacent to an activating group) is 1. The third-order valence-corrected chi connectivity index (χ3v) is 10.7. The van der Waals surface area contributed by atoms with Crippen LogP contribution in [-0.4, -0.2) is 78.1 Å². The van der Waals surface area contributed by atoms with Crippen LogP contribution >= 0.6 is 11.6 Å². The minimum atomic E-state index is -3.72. The lowest BCUT2D eigenvalue weighted by Gasteiger charge is -2.37. The summed E-state index contributed by atoms with van der Waals surface area (Å²) >= 11 is 6.09. The molecule has 2 aromatic rings. The number of benzene rings is 2. The van der Waals surface area contributed by atoms with Crippen LogP contribution in [0.1, 0.15) is 54.0 Å². The first-order chi connectivity index (χ1) is 19.4. The second-order valence-electron chi connectivity index (χ2n) is 11.4. The van der Waals surface area contributed by atoms with Crippen LogP contribution in [0.4, 0.5) is 0 Å². The van der Waals surface area contributed by atoms with Crippen LogP contribution in [0.5, 0.6) is 5.75 Å². The summed E-state index contributed by atoms with van der Waals surface area (Å²) in [5.41, 5.74) is 3.39. The molecule has 3 rings (SSSR count). The van der Waals surface area contributed by atoms with E-state index in [0.29, 0.717) is 41.3 Å². The number of carbonyl (C=O) groups is 1. The first-order valence-electron chi connectivity index (χ1n) is 14.2. The van der Waals surface area contributed by atoms with Gasteiger partial charge in [-0.05, 0) is 113 Å². The number of aryl methyl sites for hydroxylation is 1. The molecule has 1 amide bonds. The van der Waals surface area contributed by atoms with Crippen molar-refractivity contribution >= 4 is 27.5 Å². The maximum absolute atomic E-state index is 13.3. The van der Waals surface area contributed by atoms with E-state index in [4.69, 9.17) is 21.1 Å². The van der Waals surface area contributed by atoms with Gasteiger partial charge in [0, 0.05) is 31.2 Å². The fourth-order valence-corrected chi connectivity index (χ4v) is 7.69. The predicted octanol–water partition coefficient (Wildman–Crippen LogP) is 5.14. The van der Waals surface area contributed by atoms with Gasteiger partial charge in [-0.3, -0.25) is 4.79 Å². The van der Waals surface area contributed by atoms with Crippen LogP contribution in [0.2, 0.25) is 5.02 Å². The summed E-state index contributed by atoms with van der Waals surface area (Å²) in [6.45, 7) is 6.21.